The summed E-state index contributed by atoms with van der Waals surface area (Å²) in [4.78, 5) is 38.5. The van der Waals surface area contributed by atoms with Crippen LogP contribution in [0.15, 0.2) is 169 Å². The fourth-order valence-electron chi connectivity index (χ4n) is 12.1. The van der Waals surface area contributed by atoms with E-state index in [1.165, 1.54) is 22.0 Å². The van der Waals surface area contributed by atoms with Crippen LogP contribution in [0.4, 0.5) is 22.7 Å². The van der Waals surface area contributed by atoms with Crippen LogP contribution in [0, 0.1) is 0 Å². The summed E-state index contributed by atoms with van der Waals surface area (Å²) >= 11 is 25.6. The highest BCUT2D eigenvalue weighted by Crippen LogP contribution is 2.43. The van der Waals surface area contributed by atoms with Gasteiger partial charge in [0.1, 0.15) is 88.0 Å². The van der Waals surface area contributed by atoms with Gasteiger partial charge in [0.05, 0.1) is 46.7 Å². The van der Waals surface area contributed by atoms with Gasteiger partial charge >= 0.3 is 11.4 Å². The Hall–Kier alpha value is -8.72. The predicted molar refractivity (Wildman–Crippen MR) is 367 cm³/mol. The molecule has 2 fully saturated rings. The van der Waals surface area contributed by atoms with Crippen molar-refractivity contribution in [2.24, 2.45) is 0 Å². The molecule has 8 heterocycles. The lowest BCUT2D eigenvalue weighted by Gasteiger charge is -2.29. The molecule has 0 bridgehead atoms. The van der Waals surface area contributed by atoms with Crippen LogP contribution in [0.2, 0.25) is 20.1 Å². The summed E-state index contributed by atoms with van der Waals surface area (Å²) in [6.45, 7) is 14.3. The molecule has 4 aliphatic heterocycles. The minimum Gasteiger partial charge on any atom is -0.491 e. The molecule has 10 aromatic rings. The van der Waals surface area contributed by atoms with Gasteiger partial charge in [0.25, 0.3) is 0 Å². The molecule has 2 N–H and O–H groups in total. The number of hydrogen-bond donors (Lipinski definition) is 2. The number of nitrogens with zero attached hydrogens (tertiary/aromatic N) is 14. The van der Waals surface area contributed by atoms with Crippen molar-refractivity contribution in [3.63, 3.8) is 0 Å². The van der Waals surface area contributed by atoms with E-state index in [9.17, 15) is 9.59 Å². The van der Waals surface area contributed by atoms with Gasteiger partial charge < -0.3 is 48.9 Å². The number of nitrogens with one attached hydrogen (secondary N) is 2. The van der Waals surface area contributed by atoms with E-state index < -0.39 is 11.6 Å². The third-order valence-electron chi connectivity index (χ3n) is 17.6. The summed E-state index contributed by atoms with van der Waals surface area (Å²) < 4.78 is 47.7. The number of anilines is 4. The molecule has 96 heavy (non-hydrogen) atoms. The predicted octanol–water partition coefficient (Wildman–Crippen LogP) is 11.4. The number of benzene rings is 6. The fraction of sp³-hybridized carbons (Fsp3) is 0.353. The molecule has 24 nitrogen and oxygen atoms in total. The van der Waals surface area contributed by atoms with Crippen LogP contribution >= 0.6 is 46.4 Å². The zero-order valence-corrected chi connectivity index (χ0v) is 56.3. The Morgan fingerprint density at radius 1 is 0.531 bits per heavy atom. The standard InChI is InChI=1S/2C34H36Cl2N8O4/c2*1-3-23(2)44-33(45)43(22-40-44)27-7-5-26(6-8-27)41-13-12-38-32-11-9-28(14-24(32)16-41)46-17-29-18-47-34(48-29,19-42-21-37-20-39-42)30-10-4-25(35)15-31(30)36/h2*4-11,14-15,20-23,29,38H,3,12-13,16-19H2,1-2H3/t2*23?,29-,34-/m10/s1. The van der Waals surface area contributed by atoms with Crippen molar-refractivity contribution in [1.82, 2.24) is 58.2 Å². The fourth-order valence-corrected chi connectivity index (χ4v) is 13.2. The Morgan fingerprint density at radius 2 is 0.948 bits per heavy atom. The second-order valence-electron chi connectivity index (χ2n) is 24.0. The van der Waals surface area contributed by atoms with Gasteiger partial charge in [-0.2, -0.15) is 20.4 Å². The summed E-state index contributed by atoms with van der Waals surface area (Å²) in [5.74, 6) is -0.904. The minimum atomic E-state index is -1.18. The number of rotatable bonds is 20. The molecule has 0 radical (unpaired) electrons. The molecule has 14 rings (SSSR count). The van der Waals surface area contributed by atoms with E-state index in [1.807, 2.05) is 113 Å². The molecule has 4 aromatic heterocycles. The average molecular weight is 1380 g/mol. The first-order valence-corrected chi connectivity index (χ1v) is 33.4. The van der Waals surface area contributed by atoms with Crippen molar-refractivity contribution in [3.05, 3.63) is 223 Å². The summed E-state index contributed by atoms with van der Waals surface area (Å²) in [6, 6.07) is 38.7. The van der Waals surface area contributed by atoms with Crippen molar-refractivity contribution in [2.45, 2.75) is 103 Å². The highest BCUT2D eigenvalue weighted by Gasteiger charge is 2.47. The van der Waals surface area contributed by atoms with Crippen LogP contribution in [-0.2, 0) is 56.7 Å². The topological polar surface area (TPSA) is 227 Å². The Balaban J connectivity index is 0.000000174. The summed E-state index contributed by atoms with van der Waals surface area (Å²) in [6.07, 6.45) is 10.2. The largest absolute Gasteiger partial charge is 0.491 e. The van der Waals surface area contributed by atoms with Crippen LogP contribution < -0.4 is 41.3 Å². The highest BCUT2D eigenvalue weighted by atomic mass is 35.5. The third kappa shape index (κ3) is 14.4. The zero-order chi connectivity index (χ0) is 66.5. The van der Waals surface area contributed by atoms with Crippen LogP contribution in [0.5, 0.6) is 11.5 Å². The van der Waals surface area contributed by atoms with Gasteiger partial charge in [0.2, 0.25) is 11.6 Å². The van der Waals surface area contributed by atoms with Gasteiger partial charge in [-0.15, -0.1) is 0 Å². The molecular formula is C68H72Cl4N16O8. The monoisotopic (exact) mass is 1380 g/mol. The van der Waals surface area contributed by atoms with Crippen molar-refractivity contribution in [1.29, 1.82) is 0 Å². The normalized spacial score (nSPS) is 19.8. The van der Waals surface area contributed by atoms with E-state index >= 15 is 0 Å². The first kappa shape index (κ1) is 65.9. The maximum Gasteiger partial charge on any atom is 0.350 e. The van der Waals surface area contributed by atoms with E-state index in [2.05, 4.69) is 62.9 Å². The van der Waals surface area contributed by atoms with E-state index in [0.717, 1.165) is 95.8 Å². The van der Waals surface area contributed by atoms with Crippen LogP contribution in [0.3, 0.4) is 0 Å². The van der Waals surface area contributed by atoms with Gasteiger partial charge in [-0.05, 0) is 147 Å². The maximum atomic E-state index is 12.9. The quantitative estimate of drug-likeness (QED) is 0.0723. The number of aromatic nitrogens is 12. The molecule has 500 valence electrons. The van der Waals surface area contributed by atoms with Gasteiger partial charge in [-0.25, -0.2) is 47.4 Å². The van der Waals surface area contributed by atoms with Gasteiger partial charge in [-0.3, -0.25) is 0 Å². The first-order valence-electron chi connectivity index (χ1n) is 31.9. The van der Waals surface area contributed by atoms with Crippen molar-refractivity contribution >= 4 is 69.2 Å². The van der Waals surface area contributed by atoms with Crippen molar-refractivity contribution in [2.75, 3.05) is 73.0 Å². The summed E-state index contributed by atoms with van der Waals surface area (Å²) in [5.41, 5.74) is 9.07. The van der Waals surface area contributed by atoms with Gasteiger partial charge in [0.15, 0.2) is 0 Å². The molecular weight excluding hydrogens is 1310 g/mol. The Bertz CT molecular complexity index is 4140. The highest BCUT2D eigenvalue weighted by molar-refractivity contribution is 6.35. The number of ether oxygens (including phenoxy) is 6. The van der Waals surface area contributed by atoms with Crippen LogP contribution in [0.25, 0.3) is 11.4 Å². The molecule has 0 aliphatic carbocycles. The molecule has 4 aliphatic rings. The number of halogens is 4. The van der Waals surface area contributed by atoms with Crippen LogP contribution in [0.1, 0.15) is 74.9 Å². The second kappa shape index (κ2) is 28.9. The van der Waals surface area contributed by atoms with Crippen molar-refractivity contribution < 1.29 is 28.4 Å². The molecule has 2 unspecified atom stereocenters. The first-order chi connectivity index (χ1) is 46.6. The Labute approximate surface area is 573 Å². The third-order valence-corrected chi connectivity index (χ3v) is 18.7. The molecule has 6 aromatic carbocycles. The van der Waals surface area contributed by atoms with Crippen molar-refractivity contribution in [3.8, 4) is 22.9 Å². The average Bonchev–Trinajstić information content (AvgIpc) is 1.56. The maximum absolute atomic E-state index is 12.9. The lowest BCUT2D eigenvalue weighted by molar-refractivity contribution is -0.191. The van der Waals surface area contributed by atoms with Gasteiger partial charge in [-0.1, -0.05) is 72.4 Å². The van der Waals surface area contributed by atoms with E-state index in [0.29, 0.717) is 57.5 Å². The molecule has 0 amide bonds. The van der Waals surface area contributed by atoms with E-state index in [-0.39, 0.29) is 62.0 Å². The lowest BCUT2D eigenvalue weighted by Crippen LogP contribution is -2.35. The van der Waals surface area contributed by atoms with E-state index in [4.69, 9.17) is 74.8 Å². The molecule has 6 atom stereocenters. The molecule has 2 saturated heterocycles. The lowest BCUT2D eigenvalue weighted by atomic mass is 10.1. The Morgan fingerprint density at radius 3 is 1.33 bits per heavy atom. The molecule has 0 spiro atoms. The van der Waals surface area contributed by atoms with Gasteiger partial charge in [0, 0.05) is 83.2 Å². The SMILES string of the molecule is CCC(C)n1ncn(-c2ccc(N3CCNc4ccc(OC[C@@H]5CO[C@@](Cn6cncn6)(c6ccc(Cl)cc6Cl)O5)cc4C3)cc2)c1=O.CCC(C)n1ncn(-c2ccc(N3CCNc4ccc(OC[C@H]5CO[C@](Cn6cncn6)(c6ccc(Cl)cc6Cl)O5)cc4C3)cc2)c1=O. The minimum absolute atomic E-state index is 0.0445. The summed E-state index contributed by atoms with van der Waals surface area (Å²) in [5, 5.41) is 26.1. The molecule has 0 saturated carbocycles. The second-order valence-corrected chi connectivity index (χ2v) is 25.7. The smallest absolute Gasteiger partial charge is 0.350 e. The zero-order valence-electron chi connectivity index (χ0n) is 53.3. The number of fused-ring (bicyclic) bond motifs is 2. The molecule has 28 heteroatoms. The van der Waals surface area contributed by atoms with E-state index in [1.54, 1.807) is 68.1 Å². The summed E-state index contributed by atoms with van der Waals surface area (Å²) in [7, 11) is 0. The Kier molecular flexibility index (Phi) is 19.9. The number of hydrogen-bond acceptors (Lipinski definition) is 18. The van der Waals surface area contributed by atoms with Crippen LogP contribution in [-0.4, -0.2) is 123 Å².